The number of esters is 1. The smallest absolute Gasteiger partial charge is 0.340 e. The van der Waals surface area contributed by atoms with E-state index >= 15 is 0 Å². The van der Waals surface area contributed by atoms with Crippen LogP contribution in [0.4, 0.5) is 18.9 Å². The molecule has 2 rings (SSSR count). The molecule has 7 heteroatoms. The summed E-state index contributed by atoms with van der Waals surface area (Å²) in [7, 11) is 0. The Labute approximate surface area is 123 Å². The minimum atomic E-state index is -1.23. The number of hydrogen-bond donors (Lipinski definition) is 1. The molecule has 2 aromatic carbocycles. The lowest BCUT2D eigenvalue weighted by Crippen LogP contribution is -2.10. The van der Waals surface area contributed by atoms with Crippen molar-refractivity contribution in [3.8, 4) is 0 Å². The lowest BCUT2D eigenvalue weighted by atomic mass is 10.1. The Morgan fingerprint density at radius 1 is 1.10 bits per heavy atom. The van der Waals surface area contributed by atoms with Gasteiger partial charge in [-0.25, -0.2) is 18.0 Å². The highest BCUT2D eigenvalue weighted by Gasteiger charge is 2.16. The summed E-state index contributed by atoms with van der Waals surface area (Å²) in [5.41, 5.74) is 4.90. The van der Waals surface area contributed by atoms with Crippen molar-refractivity contribution in [1.29, 1.82) is 0 Å². The van der Waals surface area contributed by atoms with Crippen molar-refractivity contribution in [2.75, 3.05) is 5.73 Å². The Kier molecular flexibility index (Phi) is 4.37. The summed E-state index contributed by atoms with van der Waals surface area (Å²) in [4.78, 5) is 11.7. The van der Waals surface area contributed by atoms with Gasteiger partial charge in [0.2, 0.25) is 0 Å². The summed E-state index contributed by atoms with van der Waals surface area (Å²) in [6.07, 6.45) is 0. The van der Waals surface area contributed by atoms with Crippen molar-refractivity contribution in [2.24, 2.45) is 0 Å². The van der Waals surface area contributed by atoms with Gasteiger partial charge in [0.25, 0.3) is 0 Å². The van der Waals surface area contributed by atoms with Crippen LogP contribution in [0.2, 0.25) is 5.02 Å². The van der Waals surface area contributed by atoms with E-state index in [0.29, 0.717) is 12.1 Å². The Balaban J connectivity index is 2.13. The van der Waals surface area contributed by atoms with Crippen LogP contribution in [-0.4, -0.2) is 5.97 Å². The van der Waals surface area contributed by atoms with Crippen LogP contribution in [-0.2, 0) is 11.3 Å². The highest BCUT2D eigenvalue weighted by molar-refractivity contribution is 6.30. The molecule has 0 amide bonds. The first-order valence-corrected chi connectivity index (χ1v) is 6.12. The van der Waals surface area contributed by atoms with Crippen molar-refractivity contribution in [3.63, 3.8) is 0 Å². The fourth-order valence-corrected chi connectivity index (χ4v) is 1.76. The molecular formula is C14H9ClF3NO2. The number of nitrogens with two attached hydrogens (primary N) is 1. The maximum Gasteiger partial charge on any atom is 0.340 e. The number of carbonyl (C=O) groups excluding carboxylic acids is 1. The molecular weight excluding hydrogens is 307 g/mol. The molecule has 0 aromatic heterocycles. The lowest BCUT2D eigenvalue weighted by Gasteiger charge is -2.08. The van der Waals surface area contributed by atoms with Crippen molar-refractivity contribution < 1.29 is 22.7 Å². The largest absolute Gasteiger partial charge is 0.457 e. The van der Waals surface area contributed by atoms with Gasteiger partial charge in [0.05, 0.1) is 5.56 Å². The molecule has 0 fully saturated rings. The third kappa shape index (κ3) is 3.46. The SMILES string of the molecule is Nc1cc(F)c(F)cc1C(=O)OCc1ccc(Cl)cc1F. The van der Waals surface area contributed by atoms with Gasteiger partial charge in [-0.15, -0.1) is 0 Å². The zero-order valence-corrected chi connectivity index (χ0v) is 11.3. The number of nitrogen functional groups attached to an aromatic ring is 1. The molecule has 110 valence electrons. The molecule has 0 atom stereocenters. The van der Waals surface area contributed by atoms with Crippen LogP contribution < -0.4 is 5.73 Å². The van der Waals surface area contributed by atoms with Crippen LogP contribution in [0.5, 0.6) is 0 Å². The molecule has 0 saturated carbocycles. The van der Waals surface area contributed by atoms with Crippen LogP contribution >= 0.6 is 11.6 Å². The molecule has 0 bridgehead atoms. The topological polar surface area (TPSA) is 52.3 Å². The van der Waals surface area contributed by atoms with Crippen molar-refractivity contribution in [3.05, 3.63) is 63.9 Å². The Morgan fingerprint density at radius 3 is 2.43 bits per heavy atom. The fraction of sp³-hybridized carbons (Fsp3) is 0.0714. The molecule has 0 aliphatic carbocycles. The average molecular weight is 316 g/mol. The van der Waals surface area contributed by atoms with Gasteiger partial charge in [-0.05, 0) is 18.2 Å². The number of hydrogen-bond acceptors (Lipinski definition) is 3. The molecule has 21 heavy (non-hydrogen) atoms. The molecule has 0 heterocycles. The van der Waals surface area contributed by atoms with Crippen LogP contribution in [0.15, 0.2) is 30.3 Å². The standard InChI is InChI=1S/C14H9ClF3NO2/c15-8-2-1-7(10(16)3-8)6-21-14(20)9-4-11(17)12(18)5-13(9)19/h1-5H,6,19H2. The molecule has 2 N–H and O–H groups in total. The molecule has 0 unspecified atom stereocenters. The Morgan fingerprint density at radius 2 is 1.76 bits per heavy atom. The number of halogens is 4. The number of rotatable bonds is 3. The fourth-order valence-electron chi connectivity index (χ4n) is 1.60. The van der Waals surface area contributed by atoms with E-state index in [9.17, 15) is 18.0 Å². The highest BCUT2D eigenvalue weighted by atomic mass is 35.5. The predicted octanol–water partition coefficient (Wildman–Crippen LogP) is 3.70. The highest BCUT2D eigenvalue weighted by Crippen LogP contribution is 2.20. The van der Waals surface area contributed by atoms with Crippen LogP contribution in [0.3, 0.4) is 0 Å². The monoisotopic (exact) mass is 315 g/mol. The second-order valence-electron chi connectivity index (χ2n) is 4.17. The zero-order chi connectivity index (χ0) is 15.6. The second kappa shape index (κ2) is 6.05. The first-order valence-electron chi connectivity index (χ1n) is 5.74. The molecule has 0 aliphatic heterocycles. The third-order valence-corrected chi connectivity index (χ3v) is 2.92. The van der Waals surface area contributed by atoms with Crippen LogP contribution in [0.1, 0.15) is 15.9 Å². The summed E-state index contributed by atoms with van der Waals surface area (Å²) < 4.78 is 44.3. The van der Waals surface area contributed by atoms with Crippen molar-refractivity contribution >= 4 is 23.3 Å². The maximum absolute atomic E-state index is 13.5. The predicted molar refractivity (Wildman–Crippen MR) is 71.3 cm³/mol. The number of carbonyl (C=O) groups is 1. The van der Waals surface area contributed by atoms with Gasteiger partial charge in [0, 0.05) is 22.3 Å². The zero-order valence-electron chi connectivity index (χ0n) is 10.5. The molecule has 2 aromatic rings. The van der Waals surface area contributed by atoms with E-state index in [0.717, 1.165) is 6.07 Å². The van der Waals surface area contributed by atoms with Gasteiger partial charge < -0.3 is 10.5 Å². The third-order valence-electron chi connectivity index (χ3n) is 2.69. The minimum Gasteiger partial charge on any atom is -0.457 e. The molecule has 0 radical (unpaired) electrons. The lowest BCUT2D eigenvalue weighted by molar-refractivity contribution is 0.0469. The van der Waals surface area contributed by atoms with E-state index in [4.69, 9.17) is 22.1 Å². The Bertz CT molecular complexity index is 707. The van der Waals surface area contributed by atoms with Gasteiger partial charge in [0.15, 0.2) is 11.6 Å². The van der Waals surface area contributed by atoms with E-state index in [-0.39, 0.29) is 28.4 Å². The summed E-state index contributed by atoms with van der Waals surface area (Å²) in [6, 6.07) is 5.15. The second-order valence-corrected chi connectivity index (χ2v) is 4.60. The molecule has 0 saturated heterocycles. The quantitative estimate of drug-likeness (QED) is 0.694. The summed E-state index contributed by atoms with van der Waals surface area (Å²) in [5, 5.41) is 0.201. The average Bonchev–Trinajstić information content (AvgIpc) is 2.41. The van der Waals surface area contributed by atoms with Crippen molar-refractivity contribution in [1.82, 2.24) is 0 Å². The van der Waals surface area contributed by atoms with Crippen LogP contribution in [0, 0.1) is 17.5 Å². The van der Waals surface area contributed by atoms with Gasteiger partial charge in [0.1, 0.15) is 12.4 Å². The summed E-state index contributed by atoms with van der Waals surface area (Å²) >= 11 is 5.59. The minimum absolute atomic E-state index is 0.0916. The number of ether oxygens (including phenoxy) is 1. The summed E-state index contributed by atoms with van der Waals surface area (Å²) in [5.74, 6) is -4.03. The normalized spacial score (nSPS) is 10.5. The first kappa shape index (κ1) is 15.2. The van der Waals surface area contributed by atoms with E-state index in [1.807, 2.05) is 0 Å². The van der Waals surface area contributed by atoms with Crippen LogP contribution in [0.25, 0.3) is 0 Å². The van der Waals surface area contributed by atoms with Gasteiger partial charge in [-0.2, -0.15) is 0 Å². The Hall–Kier alpha value is -2.21. The molecule has 3 nitrogen and oxygen atoms in total. The van der Waals surface area contributed by atoms with Crippen molar-refractivity contribution in [2.45, 2.75) is 6.61 Å². The first-order chi connectivity index (χ1) is 9.88. The maximum atomic E-state index is 13.5. The van der Waals surface area contributed by atoms with E-state index in [2.05, 4.69) is 0 Å². The van der Waals surface area contributed by atoms with Gasteiger partial charge in [-0.3, -0.25) is 0 Å². The van der Waals surface area contributed by atoms with E-state index in [1.165, 1.54) is 12.1 Å². The number of anilines is 1. The van der Waals surface area contributed by atoms with E-state index < -0.39 is 23.4 Å². The summed E-state index contributed by atoms with van der Waals surface area (Å²) in [6.45, 7) is -0.389. The molecule has 0 spiro atoms. The molecule has 0 aliphatic rings. The van der Waals surface area contributed by atoms with Gasteiger partial charge in [-0.1, -0.05) is 17.7 Å². The number of benzene rings is 2. The van der Waals surface area contributed by atoms with E-state index in [1.54, 1.807) is 0 Å². The van der Waals surface area contributed by atoms with Gasteiger partial charge >= 0.3 is 5.97 Å².